The summed E-state index contributed by atoms with van der Waals surface area (Å²) in [4.78, 5) is 40.6. The molecule has 3 amide bonds. The first-order valence-electron chi connectivity index (χ1n) is 11.3. The minimum atomic E-state index is -0.962. The van der Waals surface area contributed by atoms with Crippen LogP contribution in [-0.2, 0) is 29.1 Å². The molecule has 8 heteroatoms. The van der Waals surface area contributed by atoms with Crippen molar-refractivity contribution in [2.75, 3.05) is 6.54 Å². The van der Waals surface area contributed by atoms with Gasteiger partial charge in [0.2, 0.25) is 0 Å². The molecule has 1 aromatic heterocycles. The van der Waals surface area contributed by atoms with Crippen LogP contribution in [0.15, 0.2) is 48.5 Å². The molecular formula is C26H26FN3O4. The van der Waals surface area contributed by atoms with E-state index in [4.69, 9.17) is 0 Å². The summed E-state index contributed by atoms with van der Waals surface area (Å²) in [6, 6.07) is 13.4. The quantitative estimate of drug-likeness (QED) is 0.560. The van der Waals surface area contributed by atoms with Crippen LogP contribution in [0.5, 0.6) is 0 Å². The predicted molar refractivity (Wildman–Crippen MR) is 124 cm³/mol. The van der Waals surface area contributed by atoms with Gasteiger partial charge in [-0.05, 0) is 34.7 Å². The number of aromatic nitrogens is 1. The molecule has 5 rings (SSSR count). The van der Waals surface area contributed by atoms with E-state index in [0.717, 1.165) is 27.7 Å². The standard InChI is InChI=1S/C26H26FN3O4/c1-26(2,12-23(31)32)15-30-24(33)21-11-19-18-5-3-4-6-20(18)28(22(19)14-29(21)25(30)34)13-16-7-9-17(27)10-8-16/h3-10,21H,11-15H2,1-2H3,(H,31,32). The van der Waals surface area contributed by atoms with Crippen LogP contribution >= 0.6 is 0 Å². The monoisotopic (exact) mass is 463 g/mol. The van der Waals surface area contributed by atoms with Crippen LogP contribution < -0.4 is 0 Å². The minimum Gasteiger partial charge on any atom is -0.481 e. The molecule has 3 heterocycles. The van der Waals surface area contributed by atoms with Crippen molar-refractivity contribution in [2.24, 2.45) is 5.41 Å². The number of nitrogens with zero attached hydrogens (tertiary/aromatic N) is 3. The van der Waals surface area contributed by atoms with E-state index >= 15 is 0 Å². The van der Waals surface area contributed by atoms with E-state index in [1.807, 2.05) is 24.3 Å². The number of fused-ring (bicyclic) bond motifs is 4. The maximum absolute atomic E-state index is 13.4. The van der Waals surface area contributed by atoms with Gasteiger partial charge in [0.15, 0.2) is 0 Å². The first-order chi connectivity index (χ1) is 16.1. The Labute approximate surface area is 196 Å². The number of carboxylic acids is 1. The molecule has 2 aliphatic heterocycles. The van der Waals surface area contributed by atoms with Gasteiger partial charge in [-0.2, -0.15) is 0 Å². The third-order valence-electron chi connectivity index (χ3n) is 6.79. The highest BCUT2D eigenvalue weighted by Crippen LogP contribution is 2.38. The third kappa shape index (κ3) is 3.73. The first kappa shape index (κ1) is 22.1. The number of rotatable bonds is 6. The van der Waals surface area contributed by atoms with Crippen LogP contribution in [0.2, 0.25) is 0 Å². The van der Waals surface area contributed by atoms with Crippen molar-refractivity contribution in [1.29, 1.82) is 0 Å². The lowest BCUT2D eigenvalue weighted by Gasteiger charge is -2.29. The van der Waals surface area contributed by atoms with E-state index in [1.165, 1.54) is 17.0 Å². The molecule has 2 aromatic carbocycles. The zero-order valence-electron chi connectivity index (χ0n) is 19.1. The van der Waals surface area contributed by atoms with Crippen LogP contribution in [0, 0.1) is 11.2 Å². The van der Waals surface area contributed by atoms with Crippen molar-refractivity contribution in [3.05, 3.63) is 71.2 Å². The Morgan fingerprint density at radius 3 is 2.53 bits per heavy atom. The Balaban J connectivity index is 1.50. The van der Waals surface area contributed by atoms with Crippen molar-refractivity contribution in [3.8, 4) is 0 Å². The number of para-hydroxylation sites is 1. The lowest BCUT2D eigenvalue weighted by atomic mass is 9.88. The van der Waals surface area contributed by atoms with E-state index in [-0.39, 0.29) is 37.3 Å². The lowest BCUT2D eigenvalue weighted by molar-refractivity contribution is -0.140. The highest BCUT2D eigenvalue weighted by Gasteiger charge is 2.49. The van der Waals surface area contributed by atoms with Crippen LogP contribution in [0.4, 0.5) is 9.18 Å². The number of hydrogen-bond acceptors (Lipinski definition) is 3. The zero-order valence-corrected chi connectivity index (χ0v) is 19.1. The topological polar surface area (TPSA) is 82.8 Å². The van der Waals surface area contributed by atoms with Gasteiger partial charge in [-0.25, -0.2) is 9.18 Å². The number of carbonyl (C=O) groups excluding carboxylic acids is 2. The number of imide groups is 1. The smallest absolute Gasteiger partial charge is 0.327 e. The summed E-state index contributed by atoms with van der Waals surface area (Å²) in [6.07, 6.45) is 0.273. The molecule has 1 unspecified atom stereocenters. The summed E-state index contributed by atoms with van der Waals surface area (Å²) < 4.78 is 15.6. The fraction of sp³-hybridized carbons (Fsp3) is 0.346. The number of aliphatic carboxylic acids is 1. The minimum absolute atomic E-state index is 0.0600. The Morgan fingerprint density at radius 2 is 1.82 bits per heavy atom. The predicted octanol–water partition coefficient (Wildman–Crippen LogP) is 4.02. The van der Waals surface area contributed by atoms with Gasteiger partial charge in [0.05, 0.1) is 13.0 Å². The first-order valence-corrected chi connectivity index (χ1v) is 11.3. The van der Waals surface area contributed by atoms with E-state index in [0.29, 0.717) is 13.0 Å². The number of carbonyl (C=O) groups is 3. The van der Waals surface area contributed by atoms with E-state index in [2.05, 4.69) is 4.57 Å². The van der Waals surface area contributed by atoms with Gasteiger partial charge in [0.1, 0.15) is 11.9 Å². The van der Waals surface area contributed by atoms with Gasteiger partial charge >= 0.3 is 12.0 Å². The van der Waals surface area contributed by atoms with Crippen molar-refractivity contribution in [2.45, 2.75) is 45.8 Å². The van der Waals surface area contributed by atoms with Crippen molar-refractivity contribution >= 4 is 28.8 Å². The van der Waals surface area contributed by atoms with Crippen LogP contribution in [0.3, 0.4) is 0 Å². The summed E-state index contributed by atoms with van der Waals surface area (Å²) in [6.45, 7) is 4.36. The molecule has 1 N–H and O–H groups in total. The second kappa shape index (κ2) is 7.97. The zero-order chi connectivity index (χ0) is 24.2. The molecule has 0 spiro atoms. The Hall–Kier alpha value is -3.68. The second-order valence-electron chi connectivity index (χ2n) is 9.94. The van der Waals surface area contributed by atoms with Gasteiger partial charge in [-0.1, -0.05) is 44.2 Å². The Morgan fingerprint density at radius 1 is 1.12 bits per heavy atom. The van der Waals surface area contributed by atoms with Crippen molar-refractivity contribution < 1.29 is 23.9 Å². The van der Waals surface area contributed by atoms with Gasteiger partial charge in [-0.3, -0.25) is 14.5 Å². The van der Waals surface area contributed by atoms with Gasteiger partial charge in [-0.15, -0.1) is 0 Å². The van der Waals surface area contributed by atoms with Gasteiger partial charge in [0.25, 0.3) is 5.91 Å². The van der Waals surface area contributed by atoms with Gasteiger partial charge < -0.3 is 14.6 Å². The number of carboxylic acid groups (broad SMARTS) is 1. The van der Waals surface area contributed by atoms with Crippen LogP contribution in [0.1, 0.15) is 37.1 Å². The van der Waals surface area contributed by atoms with Crippen LogP contribution in [0.25, 0.3) is 10.9 Å². The molecule has 2 aliphatic rings. The average molecular weight is 464 g/mol. The Bertz CT molecular complexity index is 1310. The second-order valence-corrected chi connectivity index (χ2v) is 9.94. The molecule has 0 radical (unpaired) electrons. The normalized spacial score (nSPS) is 17.9. The molecule has 1 atom stereocenters. The van der Waals surface area contributed by atoms with Crippen LogP contribution in [-0.4, -0.2) is 50.0 Å². The molecule has 7 nitrogen and oxygen atoms in total. The number of urea groups is 1. The average Bonchev–Trinajstić information content (AvgIpc) is 3.20. The summed E-state index contributed by atoms with van der Waals surface area (Å²) in [5.74, 6) is -1.53. The molecule has 0 aliphatic carbocycles. The summed E-state index contributed by atoms with van der Waals surface area (Å²) in [7, 11) is 0. The number of benzene rings is 2. The highest BCUT2D eigenvalue weighted by molar-refractivity contribution is 6.05. The maximum atomic E-state index is 13.4. The molecule has 176 valence electrons. The molecular weight excluding hydrogens is 437 g/mol. The summed E-state index contributed by atoms with van der Waals surface area (Å²) >= 11 is 0. The molecule has 0 saturated carbocycles. The highest BCUT2D eigenvalue weighted by atomic mass is 19.1. The summed E-state index contributed by atoms with van der Waals surface area (Å²) in [5.41, 5.74) is 3.23. The van der Waals surface area contributed by atoms with E-state index in [1.54, 1.807) is 30.9 Å². The Kier molecular flexibility index (Phi) is 5.19. The molecule has 34 heavy (non-hydrogen) atoms. The number of halogens is 1. The fourth-order valence-electron chi connectivity index (χ4n) is 5.25. The molecule has 1 fully saturated rings. The van der Waals surface area contributed by atoms with Crippen molar-refractivity contribution in [3.63, 3.8) is 0 Å². The third-order valence-corrected chi connectivity index (χ3v) is 6.79. The number of hydrogen-bond donors (Lipinski definition) is 1. The van der Waals surface area contributed by atoms with E-state index in [9.17, 15) is 23.9 Å². The molecule has 3 aromatic rings. The van der Waals surface area contributed by atoms with Crippen molar-refractivity contribution in [1.82, 2.24) is 14.4 Å². The summed E-state index contributed by atoms with van der Waals surface area (Å²) in [5, 5.41) is 10.2. The SMILES string of the molecule is CC(C)(CC(=O)O)CN1C(=O)C2Cc3c(n(Cc4ccc(F)cc4)c4ccccc34)CN2C1=O. The molecule has 0 bridgehead atoms. The largest absolute Gasteiger partial charge is 0.481 e. The fourth-order valence-corrected chi connectivity index (χ4v) is 5.25. The maximum Gasteiger partial charge on any atom is 0.327 e. The molecule has 1 saturated heterocycles. The van der Waals surface area contributed by atoms with E-state index < -0.39 is 17.4 Å². The van der Waals surface area contributed by atoms with Gasteiger partial charge in [0, 0.05) is 36.1 Å². The number of amides is 3. The lowest BCUT2D eigenvalue weighted by Crippen LogP contribution is -2.41.